The Labute approximate surface area is 131 Å². The van der Waals surface area contributed by atoms with Crippen molar-refractivity contribution >= 4 is 11.9 Å². The number of carbonyl (C=O) groups excluding carboxylic acids is 2. The Hall–Kier alpha value is -2.28. The van der Waals surface area contributed by atoms with Gasteiger partial charge in [0.2, 0.25) is 0 Å². The van der Waals surface area contributed by atoms with Crippen molar-refractivity contribution in [1.29, 1.82) is 0 Å². The summed E-state index contributed by atoms with van der Waals surface area (Å²) in [6.07, 6.45) is 1.06. The summed E-state index contributed by atoms with van der Waals surface area (Å²) in [5.41, 5.74) is 1.02. The van der Waals surface area contributed by atoms with Crippen LogP contribution in [0.15, 0.2) is 24.3 Å². The molecule has 0 spiro atoms. The van der Waals surface area contributed by atoms with E-state index in [9.17, 15) is 9.59 Å². The summed E-state index contributed by atoms with van der Waals surface area (Å²) in [6.45, 7) is 5.54. The molecule has 0 bridgehead atoms. The minimum Gasteiger partial charge on any atom is -0.449 e. The van der Waals surface area contributed by atoms with Crippen LogP contribution in [-0.4, -0.2) is 18.0 Å². The van der Waals surface area contributed by atoms with Crippen LogP contribution < -0.4 is 4.74 Å². The maximum atomic E-state index is 11.7. The van der Waals surface area contributed by atoms with Crippen LogP contribution in [0.25, 0.3) is 0 Å². The van der Waals surface area contributed by atoms with Crippen molar-refractivity contribution in [2.45, 2.75) is 52.6 Å². The maximum absolute atomic E-state index is 11.7. The molecule has 0 saturated carbocycles. The van der Waals surface area contributed by atoms with Crippen molar-refractivity contribution in [1.82, 2.24) is 0 Å². The Kier molecular flexibility index (Phi) is 7.77. The molecule has 0 N–H and O–H groups in total. The Morgan fingerprint density at radius 3 is 2.59 bits per heavy atom. The molecule has 1 unspecified atom stereocenters. The first-order valence-corrected chi connectivity index (χ1v) is 7.44. The van der Waals surface area contributed by atoms with Gasteiger partial charge in [0, 0.05) is 12.8 Å². The number of hydrogen-bond acceptors (Lipinski definition) is 4. The average Bonchev–Trinajstić information content (AvgIpc) is 2.46. The van der Waals surface area contributed by atoms with E-state index in [2.05, 4.69) is 11.8 Å². The lowest BCUT2D eigenvalue weighted by Crippen LogP contribution is -2.16. The summed E-state index contributed by atoms with van der Waals surface area (Å²) in [5.74, 6) is 5.39. The van der Waals surface area contributed by atoms with Gasteiger partial charge in [0.05, 0.1) is 0 Å². The molecular formula is C18H22O4. The smallest absolute Gasteiger partial charge is 0.311 e. The van der Waals surface area contributed by atoms with Gasteiger partial charge >= 0.3 is 11.9 Å². The number of rotatable bonds is 7. The molecule has 4 heteroatoms. The van der Waals surface area contributed by atoms with Crippen LogP contribution in [0, 0.1) is 18.8 Å². The van der Waals surface area contributed by atoms with Gasteiger partial charge in [0.15, 0.2) is 6.10 Å². The highest BCUT2D eigenvalue weighted by molar-refractivity contribution is 5.74. The first-order chi connectivity index (χ1) is 10.5. The molecule has 0 aliphatic rings. The Morgan fingerprint density at radius 1 is 1.23 bits per heavy atom. The van der Waals surface area contributed by atoms with Gasteiger partial charge in [-0.25, -0.2) is 0 Å². The van der Waals surface area contributed by atoms with Crippen LogP contribution in [-0.2, 0) is 14.3 Å². The number of benzene rings is 1. The third kappa shape index (κ3) is 6.94. The van der Waals surface area contributed by atoms with Crippen molar-refractivity contribution in [2.24, 2.45) is 0 Å². The normalized spacial score (nSPS) is 11.0. The van der Waals surface area contributed by atoms with E-state index in [1.165, 1.54) is 0 Å². The van der Waals surface area contributed by atoms with Crippen LogP contribution in [0.5, 0.6) is 5.75 Å². The van der Waals surface area contributed by atoms with Crippen LogP contribution in [0.3, 0.4) is 0 Å². The zero-order chi connectivity index (χ0) is 16.4. The zero-order valence-electron chi connectivity index (χ0n) is 13.3. The number of esters is 2. The van der Waals surface area contributed by atoms with Crippen molar-refractivity contribution in [2.75, 3.05) is 0 Å². The van der Waals surface area contributed by atoms with E-state index in [1.54, 1.807) is 19.1 Å². The third-order valence-electron chi connectivity index (χ3n) is 2.93. The van der Waals surface area contributed by atoms with Crippen LogP contribution >= 0.6 is 0 Å². The summed E-state index contributed by atoms with van der Waals surface area (Å²) in [6, 6.07) is 7.28. The van der Waals surface area contributed by atoms with Crippen molar-refractivity contribution in [3.8, 4) is 17.6 Å². The molecule has 1 aromatic carbocycles. The molecule has 22 heavy (non-hydrogen) atoms. The van der Waals surface area contributed by atoms with Gasteiger partial charge in [0.25, 0.3) is 0 Å². The molecule has 0 aliphatic heterocycles. The van der Waals surface area contributed by atoms with Crippen molar-refractivity contribution in [3.63, 3.8) is 0 Å². The number of aryl methyl sites for hydroxylation is 1. The van der Waals surface area contributed by atoms with E-state index in [1.807, 2.05) is 26.0 Å². The van der Waals surface area contributed by atoms with Gasteiger partial charge in [0.1, 0.15) is 5.75 Å². The van der Waals surface area contributed by atoms with Gasteiger partial charge in [-0.3, -0.25) is 9.59 Å². The summed E-state index contributed by atoms with van der Waals surface area (Å²) < 4.78 is 10.4. The quantitative estimate of drug-likeness (QED) is 0.440. The largest absolute Gasteiger partial charge is 0.449 e. The third-order valence-corrected chi connectivity index (χ3v) is 2.93. The predicted molar refractivity (Wildman–Crippen MR) is 84.3 cm³/mol. The van der Waals surface area contributed by atoms with E-state index < -0.39 is 0 Å². The maximum Gasteiger partial charge on any atom is 0.311 e. The molecule has 4 nitrogen and oxygen atoms in total. The lowest BCUT2D eigenvalue weighted by molar-refractivity contribution is -0.146. The van der Waals surface area contributed by atoms with Crippen molar-refractivity contribution < 1.29 is 19.1 Å². The molecule has 0 amide bonds. The first kappa shape index (κ1) is 17.8. The van der Waals surface area contributed by atoms with Crippen LogP contribution in [0.1, 0.15) is 45.1 Å². The fourth-order valence-corrected chi connectivity index (χ4v) is 1.83. The highest BCUT2D eigenvalue weighted by atomic mass is 16.5. The van der Waals surface area contributed by atoms with Gasteiger partial charge < -0.3 is 9.47 Å². The molecule has 0 fully saturated rings. The fraction of sp³-hybridized carbons (Fsp3) is 0.444. The molecular weight excluding hydrogens is 280 g/mol. The molecule has 1 rings (SSSR count). The van der Waals surface area contributed by atoms with E-state index in [0.29, 0.717) is 18.6 Å². The van der Waals surface area contributed by atoms with Crippen LogP contribution in [0.2, 0.25) is 0 Å². The van der Waals surface area contributed by atoms with Gasteiger partial charge in [-0.05, 0) is 44.4 Å². The Morgan fingerprint density at radius 2 is 1.95 bits per heavy atom. The molecule has 0 aromatic heterocycles. The molecule has 118 valence electrons. The Bertz CT molecular complexity index is 566. The average molecular weight is 302 g/mol. The highest BCUT2D eigenvalue weighted by Gasteiger charge is 2.11. The van der Waals surface area contributed by atoms with E-state index in [-0.39, 0.29) is 30.9 Å². The molecule has 0 saturated heterocycles. The molecule has 0 heterocycles. The second-order valence-electron chi connectivity index (χ2n) is 4.93. The summed E-state index contributed by atoms with van der Waals surface area (Å²) >= 11 is 0. The van der Waals surface area contributed by atoms with Gasteiger partial charge in [-0.15, -0.1) is 5.92 Å². The van der Waals surface area contributed by atoms with E-state index >= 15 is 0 Å². The monoisotopic (exact) mass is 302 g/mol. The zero-order valence-corrected chi connectivity index (χ0v) is 13.3. The highest BCUT2D eigenvalue weighted by Crippen LogP contribution is 2.13. The predicted octanol–water partition coefficient (Wildman–Crippen LogP) is 3.42. The first-order valence-electron chi connectivity index (χ1n) is 7.44. The topological polar surface area (TPSA) is 52.6 Å². The van der Waals surface area contributed by atoms with Gasteiger partial charge in [-0.2, -0.15) is 0 Å². The van der Waals surface area contributed by atoms with E-state index in [4.69, 9.17) is 9.47 Å². The van der Waals surface area contributed by atoms with Crippen molar-refractivity contribution in [3.05, 3.63) is 29.8 Å². The number of hydrogen-bond donors (Lipinski definition) is 0. The second kappa shape index (κ2) is 9.62. The number of ether oxygens (including phenoxy) is 2. The molecule has 0 radical (unpaired) electrons. The lowest BCUT2D eigenvalue weighted by atomic mass is 10.2. The fourth-order valence-electron chi connectivity index (χ4n) is 1.83. The summed E-state index contributed by atoms with van der Waals surface area (Å²) in [4.78, 5) is 23.3. The van der Waals surface area contributed by atoms with E-state index in [0.717, 1.165) is 5.56 Å². The summed E-state index contributed by atoms with van der Waals surface area (Å²) in [7, 11) is 0. The van der Waals surface area contributed by atoms with Crippen LogP contribution in [0.4, 0.5) is 0 Å². The Balaban J connectivity index is 2.29. The standard InChI is InChI=1S/C18H22O4/c1-4-8-15(5-2)21-17(19)11-7-12-18(20)22-16-10-6-9-14(3)13-16/h6,9-10,13,15H,5,7,11-12H2,1-3H3. The lowest BCUT2D eigenvalue weighted by Gasteiger charge is -2.10. The minimum atomic E-state index is -0.364. The number of carbonyl (C=O) groups is 2. The minimum absolute atomic E-state index is 0.180. The summed E-state index contributed by atoms with van der Waals surface area (Å²) in [5, 5.41) is 0. The molecule has 1 aromatic rings. The van der Waals surface area contributed by atoms with Gasteiger partial charge in [-0.1, -0.05) is 25.0 Å². The molecule has 0 aliphatic carbocycles. The SMILES string of the molecule is CC#CC(CC)OC(=O)CCCC(=O)Oc1cccc(C)c1. The second-order valence-corrected chi connectivity index (χ2v) is 4.93. The molecule has 1 atom stereocenters.